The second-order valence-electron chi connectivity index (χ2n) is 7.57. The highest BCUT2D eigenvalue weighted by Crippen LogP contribution is 2.26. The second kappa shape index (κ2) is 9.84. The van der Waals surface area contributed by atoms with Crippen molar-refractivity contribution < 1.29 is 4.42 Å². The fraction of sp³-hybridized carbons (Fsp3) is 0.0667. The molecule has 0 amide bonds. The first-order valence-corrected chi connectivity index (χ1v) is 10.8. The zero-order valence-corrected chi connectivity index (χ0v) is 18.5. The van der Waals surface area contributed by atoms with E-state index in [-0.39, 0.29) is 0 Å². The van der Waals surface area contributed by atoms with E-state index in [4.69, 9.17) is 4.42 Å². The Bertz CT molecular complexity index is 1350. The predicted octanol–water partition coefficient (Wildman–Crippen LogP) is 8.71. The van der Waals surface area contributed by atoms with Crippen LogP contribution in [0.5, 0.6) is 0 Å². The number of aryl methyl sites for hydroxylation is 1. The van der Waals surface area contributed by atoms with Crippen molar-refractivity contribution in [2.24, 2.45) is 0 Å². The van der Waals surface area contributed by atoms with Gasteiger partial charge in [-0.3, -0.25) is 0 Å². The summed E-state index contributed by atoms with van der Waals surface area (Å²) < 4.78 is 5.68. The lowest BCUT2D eigenvalue weighted by molar-refractivity contribution is 0.519. The number of hydrogen-bond donors (Lipinski definition) is 1. The lowest BCUT2D eigenvalue weighted by atomic mass is 10.0. The molecule has 0 unspecified atom stereocenters. The first-order chi connectivity index (χ1) is 15.7. The third-order valence-corrected chi connectivity index (χ3v) is 5.46. The molecule has 0 atom stereocenters. The van der Waals surface area contributed by atoms with Gasteiger partial charge in [0.2, 0.25) is 0 Å². The second-order valence-corrected chi connectivity index (χ2v) is 7.57. The summed E-state index contributed by atoms with van der Waals surface area (Å²) >= 11 is 0. The Hall–Kier alpha value is -4.04. The van der Waals surface area contributed by atoms with Crippen LogP contribution in [0, 0.1) is 6.92 Å². The van der Waals surface area contributed by atoms with Crippen LogP contribution in [0.1, 0.15) is 35.1 Å². The SMILES string of the molecule is C=Cc1[nH]c2ccccc2c1C=Cc1ccc(-c2cccoc(C)c(C=CC)cc2)cc1. The van der Waals surface area contributed by atoms with E-state index in [9.17, 15) is 0 Å². The molecule has 0 aliphatic carbocycles. The Morgan fingerprint density at radius 2 is 1.56 bits per heavy atom. The number of fused-ring (bicyclic) bond motifs is 1. The van der Waals surface area contributed by atoms with Crippen LogP contribution in [0.4, 0.5) is 0 Å². The summed E-state index contributed by atoms with van der Waals surface area (Å²) in [4.78, 5) is 3.42. The molecule has 2 aromatic carbocycles. The smallest absolute Gasteiger partial charge is 0.107 e. The summed E-state index contributed by atoms with van der Waals surface area (Å²) in [5.74, 6) is 0.877. The van der Waals surface area contributed by atoms with Gasteiger partial charge in [0.1, 0.15) is 5.76 Å². The molecule has 0 saturated carbocycles. The Morgan fingerprint density at radius 3 is 2.34 bits per heavy atom. The van der Waals surface area contributed by atoms with Crippen LogP contribution in [0.15, 0.2) is 96.1 Å². The standard InChI is InChI=1S/C30H27NO/c1-4-9-24-18-19-25(10-8-21-32-22(24)3)26-16-13-23(14-17-26)15-20-28-27-11-6-7-12-30(27)31-29(28)5-2/h4-21,31H,2H2,1,3H3. The number of hydrogen-bond acceptors (Lipinski definition) is 1. The highest BCUT2D eigenvalue weighted by Gasteiger charge is 2.05. The van der Waals surface area contributed by atoms with Crippen molar-refractivity contribution in [1.29, 1.82) is 0 Å². The molecule has 2 heterocycles. The molecule has 0 fully saturated rings. The monoisotopic (exact) mass is 417 g/mol. The normalized spacial score (nSPS) is 11.3. The third kappa shape index (κ3) is 4.65. The number of nitrogens with one attached hydrogen (secondary N) is 1. The molecular weight excluding hydrogens is 390 g/mol. The Kier molecular flexibility index (Phi) is 6.52. The number of allylic oxidation sites excluding steroid dienone is 1. The van der Waals surface area contributed by atoms with E-state index in [1.807, 2.05) is 38.1 Å². The molecule has 0 bridgehead atoms. The van der Waals surface area contributed by atoms with Crippen molar-refractivity contribution in [3.05, 3.63) is 120 Å². The quantitative estimate of drug-likeness (QED) is 0.345. The molecule has 0 radical (unpaired) electrons. The molecule has 32 heavy (non-hydrogen) atoms. The summed E-state index contributed by atoms with van der Waals surface area (Å²) in [5, 5.41) is 1.20. The zero-order valence-electron chi connectivity index (χ0n) is 18.5. The minimum absolute atomic E-state index is 0.877. The number of aromatic nitrogens is 1. The summed E-state index contributed by atoms with van der Waals surface area (Å²) in [6.45, 7) is 7.93. The van der Waals surface area contributed by atoms with E-state index < -0.39 is 0 Å². The van der Waals surface area contributed by atoms with E-state index >= 15 is 0 Å². The van der Waals surface area contributed by atoms with E-state index in [0.29, 0.717) is 0 Å². The largest absolute Gasteiger partial charge is 0.469 e. The maximum absolute atomic E-state index is 5.68. The van der Waals surface area contributed by atoms with Crippen LogP contribution in [0.2, 0.25) is 0 Å². The number of benzene rings is 2. The molecule has 1 N–H and O–H groups in total. The Morgan fingerprint density at radius 1 is 0.812 bits per heavy atom. The number of H-pyrrole nitrogens is 1. The van der Waals surface area contributed by atoms with Gasteiger partial charge in [0.25, 0.3) is 0 Å². The highest BCUT2D eigenvalue weighted by atomic mass is 16.3. The molecule has 0 spiro atoms. The van der Waals surface area contributed by atoms with Crippen molar-refractivity contribution in [3.63, 3.8) is 0 Å². The van der Waals surface area contributed by atoms with E-state index in [0.717, 1.165) is 44.8 Å². The van der Waals surface area contributed by atoms with Crippen LogP contribution >= 0.6 is 0 Å². The van der Waals surface area contributed by atoms with Gasteiger partial charge >= 0.3 is 0 Å². The number of rotatable bonds is 5. The number of para-hydroxylation sites is 1. The van der Waals surface area contributed by atoms with Gasteiger partial charge in [0.05, 0.1) is 6.26 Å². The highest BCUT2D eigenvalue weighted by molar-refractivity contribution is 5.95. The predicted molar refractivity (Wildman–Crippen MR) is 139 cm³/mol. The molecular formula is C30H27NO. The minimum atomic E-state index is 0.877. The topological polar surface area (TPSA) is 28.9 Å². The average molecular weight is 418 g/mol. The van der Waals surface area contributed by atoms with Crippen LogP contribution in [0.3, 0.4) is 0 Å². The summed E-state index contributed by atoms with van der Waals surface area (Å²) in [6, 6.07) is 25.1. The summed E-state index contributed by atoms with van der Waals surface area (Å²) in [7, 11) is 0. The van der Waals surface area contributed by atoms with Gasteiger partial charge in [-0.2, -0.15) is 0 Å². The van der Waals surface area contributed by atoms with Crippen LogP contribution in [0.25, 0.3) is 46.3 Å². The maximum Gasteiger partial charge on any atom is 0.107 e. The molecule has 0 saturated heterocycles. The molecule has 4 aromatic rings. The van der Waals surface area contributed by atoms with Crippen molar-refractivity contribution in [2.45, 2.75) is 13.8 Å². The Labute approximate surface area is 189 Å². The lowest BCUT2D eigenvalue weighted by Gasteiger charge is -2.01. The van der Waals surface area contributed by atoms with Crippen LogP contribution in [-0.2, 0) is 0 Å². The zero-order chi connectivity index (χ0) is 22.3. The molecule has 0 aliphatic heterocycles. The summed E-state index contributed by atoms with van der Waals surface area (Å²) in [5.41, 5.74) is 7.80. The average Bonchev–Trinajstić information content (AvgIpc) is 3.22. The fourth-order valence-electron chi connectivity index (χ4n) is 3.74. The first kappa shape index (κ1) is 21.2. The summed E-state index contributed by atoms with van der Waals surface area (Å²) in [6.07, 6.45) is 12.0. The molecule has 2 aromatic heterocycles. The van der Waals surface area contributed by atoms with Crippen molar-refractivity contribution in [3.8, 4) is 11.1 Å². The van der Waals surface area contributed by atoms with E-state index in [2.05, 4.69) is 90.5 Å². The van der Waals surface area contributed by atoms with Crippen molar-refractivity contribution in [2.75, 3.05) is 0 Å². The number of aromatic amines is 1. The van der Waals surface area contributed by atoms with Gasteiger partial charge < -0.3 is 9.40 Å². The Balaban J connectivity index is 1.65. The van der Waals surface area contributed by atoms with Gasteiger partial charge in [-0.05, 0) is 48.7 Å². The van der Waals surface area contributed by atoms with E-state index in [1.54, 1.807) is 6.26 Å². The minimum Gasteiger partial charge on any atom is -0.469 e. The van der Waals surface area contributed by atoms with Crippen LogP contribution in [-0.4, -0.2) is 4.98 Å². The third-order valence-electron chi connectivity index (χ3n) is 5.46. The van der Waals surface area contributed by atoms with Gasteiger partial charge in [0.15, 0.2) is 0 Å². The van der Waals surface area contributed by atoms with E-state index in [1.165, 1.54) is 5.39 Å². The van der Waals surface area contributed by atoms with Crippen molar-refractivity contribution in [1.82, 2.24) is 4.98 Å². The molecule has 0 aliphatic rings. The van der Waals surface area contributed by atoms with Gasteiger partial charge in [0, 0.05) is 27.7 Å². The van der Waals surface area contributed by atoms with Crippen molar-refractivity contribution >= 4 is 35.2 Å². The fourth-order valence-corrected chi connectivity index (χ4v) is 3.74. The lowest BCUT2D eigenvalue weighted by Crippen LogP contribution is -1.78. The molecule has 2 nitrogen and oxygen atoms in total. The molecule has 158 valence electrons. The van der Waals surface area contributed by atoms with Crippen LogP contribution < -0.4 is 0 Å². The molecule has 4 rings (SSSR count). The molecule has 2 heteroatoms. The first-order valence-electron chi connectivity index (χ1n) is 10.8. The van der Waals surface area contributed by atoms with Gasteiger partial charge in [-0.15, -0.1) is 0 Å². The van der Waals surface area contributed by atoms with Gasteiger partial charge in [-0.25, -0.2) is 0 Å². The maximum atomic E-state index is 5.68. The van der Waals surface area contributed by atoms with Gasteiger partial charge in [-0.1, -0.05) is 91.5 Å².